The number of likely N-dealkylation sites (tertiary alicyclic amines) is 1. The molecule has 1 fully saturated rings. The Morgan fingerprint density at radius 2 is 2.00 bits per heavy atom. The standard InChI is InChI=1S/C20H18F4N6O2/c1-11-27-17(32-29-11)16-7-13(21)4-5-15(16)18(31)30-6-2-3-14(10-30)28-19-25-8-12(9-26-19)20(22,23)24/h4-5,7-9,14H,2-3,6,10H2,1H3,(H,25,26,28). The van der Waals surface area contributed by atoms with Gasteiger partial charge in [0.25, 0.3) is 11.8 Å². The number of hydrogen-bond donors (Lipinski definition) is 1. The molecule has 168 valence electrons. The summed E-state index contributed by atoms with van der Waals surface area (Å²) in [5.41, 5.74) is -0.540. The van der Waals surface area contributed by atoms with Crippen molar-refractivity contribution in [3.8, 4) is 11.5 Å². The molecule has 0 bridgehead atoms. The van der Waals surface area contributed by atoms with E-state index in [2.05, 4.69) is 25.4 Å². The number of benzene rings is 1. The number of amides is 1. The van der Waals surface area contributed by atoms with E-state index in [1.807, 2.05) is 0 Å². The van der Waals surface area contributed by atoms with E-state index in [1.54, 1.807) is 11.8 Å². The molecule has 4 rings (SSSR count). The van der Waals surface area contributed by atoms with E-state index in [0.29, 0.717) is 37.6 Å². The first-order valence-electron chi connectivity index (χ1n) is 9.76. The van der Waals surface area contributed by atoms with E-state index in [9.17, 15) is 22.4 Å². The summed E-state index contributed by atoms with van der Waals surface area (Å²) in [5, 5.41) is 6.66. The zero-order valence-corrected chi connectivity index (χ0v) is 16.9. The molecule has 1 N–H and O–H groups in total. The molecule has 1 atom stereocenters. The maximum absolute atomic E-state index is 13.8. The van der Waals surface area contributed by atoms with Crippen molar-refractivity contribution in [1.29, 1.82) is 0 Å². The molecule has 8 nitrogen and oxygen atoms in total. The van der Waals surface area contributed by atoms with Gasteiger partial charge in [-0.3, -0.25) is 4.79 Å². The Morgan fingerprint density at radius 1 is 1.25 bits per heavy atom. The molecule has 0 saturated carbocycles. The van der Waals surface area contributed by atoms with Crippen molar-refractivity contribution in [2.75, 3.05) is 18.4 Å². The second kappa shape index (κ2) is 8.52. The van der Waals surface area contributed by atoms with Crippen molar-refractivity contribution in [1.82, 2.24) is 25.0 Å². The number of anilines is 1. The summed E-state index contributed by atoms with van der Waals surface area (Å²) in [6.45, 7) is 2.34. The summed E-state index contributed by atoms with van der Waals surface area (Å²) in [4.78, 5) is 26.3. The topological polar surface area (TPSA) is 97.0 Å². The van der Waals surface area contributed by atoms with E-state index in [4.69, 9.17) is 4.52 Å². The minimum atomic E-state index is -4.52. The molecular formula is C20H18F4N6O2. The van der Waals surface area contributed by atoms with E-state index < -0.39 is 17.6 Å². The lowest BCUT2D eigenvalue weighted by Crippen LogP contribution is -2.45. The van der Waals surface area contributed by atoms with E-state index >= 15 is 0 Å². The molecule has 32 heavy (non-hydrogen) atoms. The molecule has 1 aromatic carbocycles. The number of hydrogen-bond acceptors (Lipinski definition) is 7. The summed E-state index contributed by atoms with van der Waals surface area (Å²) < 4.78 is 57.0. The first kappa shape index (κ1) is 21.7. The number of carbonyl (C=O) groups excluding carboxylic acids is 1. The van der Waals surface area contributed by atoms with Gasteiger partial charge >= 0.3 is 6.18 Å². The van der Waals surface area contributed by atoms with Gasteiger partial charge in [0.1, 0.15) is 5.82 Å². The predicted molar refractivity (Wildman–Crippen MR) is 104 cm³/mol. The third-order valence-corrected chi connectivity index (χ3v) is 4.99. The molecule has 0 aliphatic carbocycles. The highest BCUT2D eigenvalue weighted by molar-refractivity contribution is 6.00. The third kappa shape index (κ3) is 4.68. The van der Waals surface area contributed by atoms with Crippen LogP contribution >= 0.6 is 0 Å². The van der Waals surface area contributed by atoms with Gasteiger partial charge in [-0.15, -0.1) is 0 Å². The average molecular weight is 450 g/mol. The second-order valence-electron chi connectivity index (χ2n) is 7.36. The minimum Gasteiger partial charge on any atom is -0.350 e. The van der Waals surface area contributed by atoms with Gasteiger partial charge in [-0.1, -0.05) is 5.16 Å². The van der Waals surface area contributed by atoms with Crippen LogP contribution in [0.5, 0.6) is 0 Å². The Labute approximate surface area is 179 Å². The summed E-state index contributed by atoms with van der Waals surface area (Å²) in [5.74, 6) is -0.474. The Bertz CT molecular complexity index is 1120. The Morgan fingerprint density at radius 3 is 2.66 bits per heavy atom. The van der Waals surface area contributed by atoms with Crippen LogP contribution in [-0.4, -0.2) is 50.0 Å². The average Bonchev–Trinajstić information content (AvgIpc) is 3.19. The number of aromatic nitrogens is 4. The molecule has 0 spiro atoms. The smallest absolute Gasteiger partial charge is 0.350 e. The number of piperidine rings is 1. The van der Waals surface area contributed by atoms with Gasteiger partial charge < -0.3 is 14.7 Å². The molecule has 1 aliphatic heterocycles. The summed E-state index contributed by atoms with van der Waals surface area (Å²) in [6.07, 6.45) is -1.78. The normalized spacial score (nSPS) is 16.8. The van der Waals surface area contributed by atoms with Crippen molar-refractivity contribution in [3.05, 3.63) is 53.4 Å². The van der Waals surface area contributed by atoms with Crippen LogP contribution in [0.1, 0.15) is 34.6 Å². The zero-order valence-electron chi connectivity index (χ0n) is 16.9. The monoisotopic (exact) mass is 450 g/mol. The van der Waals surface area contributed by atoms with Crippen LogP contribution in [-0.2, 0) is 6.18 Å². The molecule has 1 amide bonds. The van der Waals surface area contributed by atoms with Crippen LogP contribution in [0.3, 0.4) is 0 Å². The highest BCUT2D eigenvalue weighted by Crippen LogP contribution is 2.29. The van der Waals surface area contributed by atoms with Crippen LogP contribution in [0, 0.1) is 12.7 Å². The largest absolute Gasteiger partial charge is 0.419 e. The van der Waals surface area contributed by atoms with Crippen molar-refractivity contribution in [3.63, 3.8) is 0 Å². The van der Waals surface area contributed by atoms with Gasteiger partial charge in [0.15, 0.2) is 5.82 Å². The molecule has 1 saturated heterocycles. The fraction of sp³-hybridized carbons (Fsp3) is 0.350. The lowest BCUT2D eigenvalue weighted by Gasteiger charge is -2.33. The molecular weight excluding hydrogens is 432 g/mol. The first-order valence-corrected chi connectivity index (χ1v) is 9.76. The number of rotatable bonds is 4. The van der Waals surface area contributed by atoms with E-state index in [0.717, 1.165) is 6.07 Å². The third-order valence-electron chi connectivity index (χ3n) is 4.99. The molecule has 0 radical (unpaired) electrons. The number of nitrogens with zero attached hydrogens (tertiary/aromatic N) is 5. The minimum absolute atomic E-state index is 0.0372. The number of aryl methyl sites for hydroxylation is 1. The highest BCUT2D eigenvalue weighted by Gasteiger charge is 2.32. The Kier molecular flexibility index (Phi) is 5.76. The van der Waals surface area contributed by atoms with E-state index in [-0.39, 0.29) is 41.5 Å². The van der Waals surface area contributed by atoms with Gasteiger partial charge in [-0.25, -0.2) is 14.4 Å². The maximum Gasteiger partial charge on any atom is 0.419 e. The maximum atomic E-state index is 13.8. The Hall–Kier alpha value is -3.57. The van der Waals surface area contributed by atoms with Crippen LogP contribution in [0.2, 0.25) is 0 Å². The van der Waals surface area contributed by atoms with Crippen molar-refractivity contribution >= 4 is 11.9 Å². The number of halogens is 4. The second-order valence-corrected chi connectivity index (χ2v) is 7.36. The molecule has 2 aromatic heterocycles. The predicted octanol–water partition coefficient (Wildman–Crippen LogP) is 3.71. The first-order chi connectivity index (χ1) is 15.2. The Balaban J connectivity index is 1.50. The molecule has 1 unspecified atom stereocenters. The molecule has 3 aromatic rings. The fourth-order valence-corrected chi connectivity index (χ4v) is 3.47. The lowest BCUT2D eigenvalue weighted by molar-refractivity contribution is -0.138. The van der Waals surface area contributed by atoms with Crippen LogP contribution in [0.15, 0.2) is 35.1 Å². The lowest BCUT2D eigenvalue weighted by atomic mass is 10.0. The number of nitrogens with one attached hydrogen (secondary N) is 1. The number of alkyl halides is 3. The summed E-state index contributed by atoms with van der Waals surface area (Å²) in [6, 6.07) is 3.44. The van der Waals surface area contributed by atoms with Gasteiger partial charge in [0, 0.05) is 31.5 Å². The van der Waals surface area contributed by atoms with E-state index in [1.165, 1.54) is 12.1 Å². The van der Waals surface area contributed by atoms with Gasteiger partial charge in [-0.05, 0) is 38.0 Å². The van der Waals surface area contributed by atoms with Crippen molar-refractivity contribution in [2.24, 2.45) is 0 Å². The van der Waals surface area contributed by atoms with Gasteiger partial charge in [0.2, 0.25) is 5.95 Å². The molecule has 3 heterocycles. The van der Waals surface area contributed by atoms with Crippen LogP contribution in [0.25, 0.3) is 11.5 Å². The SMILES string of the molecule is Cc1noc(-c2cc(F)ccc2C(=O)N2CCCC(Nc3ncc(C(F)(F)F)cn3)C2)n1. The summed E-state index contributed by atoms with van der Waals surface area (Å²) >= 11 is 0. The van der Waals surface area contributed by atoms with Crippen LogP contribution in [0.4, 0.5) is 23.5 Å². The zero-order chi connectivity index (χ0) is 22.9. The molecule has 12 heteroatoms. The van der Waals surface area contributed by atoms with Crippen molar-refractivity contribution < 1.29 is 26.9 Å². The van der Waals surface area contributed by atoms with Gasteiger partial charge in [-0.2, -0.15) is 18.2 Å². The van der Waals surface area contributed by atoms with Crippen molar-refractivity contribution in [2.45, 2.75) is 32.0 Å². The van der Waals surface area contributed by atoms with Gasteiger partial charge in [0.05, 0.1) is 16.7 Å². The summed E-state index contributed by atoms with van der Waals surface area (Å²) in [7, 11) is 0. The fourth-order valence-electron chi connectivity index (χ4n) is 3.47. The molecule has 1 aliphatic rings. The quantitative estimate of drug-likeness (QED) is 0.606. The highest BCUT2D eigenvalue weighted by atomic mass is 19.4. The number of carbonyl (C=O) groups is 1. The van der Waals surface area contributed by atoms with Crippen LogP contribution < -0.4 is 5.32 Å².